The molecule has 0 heterocycles. The molecule has 0 saturated heterocycles. The van der Waals surface area contributed by atoms with Crippen LogP contribution in [-0.4, -0.2) is 22.9 Å². The first kappa shape index (κ1) is 14.5. The average Bonchev–Trinajstić information content (AvgIpc) is 2.20. The number of carbonyl (C=O) groups excluding carboxylic acids is 1. The van der Waals surface area contributed by atoms with E-state index in [2.05, 4.69) is 15.9 Å². The molecule has 0 bridgehead atoms. The number of halogens is 2. The van der Waals surface area contributed by atoms with Gasteiger partial charge in [0, 0.05) is 16.6 Å². The van der Waals surface area contributed by atoms with Crippen LogP contribution in [0.4, 0.5) is 0 Å². The van der Waals surface area contributed by atoms with Crippen molar-refractivity contribution in [2.24, 2.45) is 0 Å². The molecule has 1 amide bonds. The molecule has 1 rings (SSSR count). The molecular weight excluding hydrogens is 302 g/mol. The lowest BCUT2D eigenvalue weighted by Crippen LogP contribution is -2.42. The van der Waals surface area contributed by atoms with Crippen LogP contribution in [0.15, 0.2) is 22.7 Å². The van der Waals surface area contributed by atoms with Crippen molar-refractivity contribution in [3.05, 3.63) is 33.3 Å². The van der Waals surface area contributed by atoms with Crippen LogP contribution in [0, 0.1) is 0 Å². The maximum atomic E-state index is 12.4. The lowest BCUT2D eigenvalue weighted by atomic mass is 10.1. The summed E-state index contributed by atoms with van der Waals surface area (Å²) in [7, 11) is 0. The van der Waals surface area contributed by atoms with E-state index in [4.69, 9.17) is 11.6 Å². The fraction of sp³-hybridized carbons (Fsp3) is 0.462. The van der Waals surface area contributed by atoms with Gasteiger partial charge in [-0.3, -0.25) is 4.79 Å². The van der Waals surface area contributed by atoms with Gasteiger partial charge in [-0.1, -0.05) is 27.5 Å². The topological polar surface area (TPSA) is 20.3 Å². The van der Waals surface area contributed by atoms with E-state index >= 15 is 0 Å². The molecule has 1 aromatic rings. The van der Waals surface area contributed by atoms with Gasteiger partial charge in [0.15, 0.2) is 0 Å². The number of hydrogen-bond acceptors (Lipinski definition) is 1. The van der Waals surface area contributed by atoms with Crippen molar-refractivity contribution in [3.8, 4) is 0 Å². The van der Waals surface area contributed by atoms with Gasteiger partial charge in [-0.25, -0.2) is 0 Å². The third-order valence-corrected chi connectivity index (χ3v) is 3.33. The summed E-state index contributed by atoms with van der Waals surface area (Å²) in [6.07, 6.45) is 0. The van der Waals surface area contributed by atoms with E-state index in [9.17, 15) is 4.79 Å². The third kappa shape index (κ3) is 3.46. The molecule has 0 N–H and O–H groups in total. The predicted molar refractivity (Wildman–Crippen MR) is 75.6 cm³/mol. The largest absolute Gasteiger partial charge is 0.334 e. The molecule has 0 aromatic heterocycles. The standard InChI is InChI=1S/C13H17BrClNO/c1-8(2)16(9(3)4)13(17)11-7-10(14)5-6-12(11)15/h5-9H,1-4H3. The van der Waals surface area contributed by atoms with E-state index < -0.39 is 0 Å². The van der Waals surface area contributed by atoms with Crippen LogP contribution in [0.5, 0.6) is 0 Å². The van der Waals surface area contributed by atoms with Gasteiger partial charge in [-0.05, 0) is 45.9 Å². The molecule has 94 valence electrons. The molecule has 17 heavy (non-hydrogen) atoms. The maximum absolute atomic E-state index is 12.4. The Morgan fingerprint density at radius 3 is 2.24 bits per heavy atom. The van der Waals surface area contributed by atoms with E-state index in [0.29, 0.717) is 10.6 Å². The van der Waals surface area contributed by atoms with Gasteiger partial charge in [-0.15, -0.1) is 0 Å². The first-order valence-corrected chi connectivity index (χ1v) is 6.79. The van der Waals surface area contributed by atoms with Crippen LogP contribution >= 0.6 is 27.5 Å². The van der Waals surface area contributed by atoms with Crippen molar-refractivity contribution in [1.29, 1.82) is 0 Å². The molecule has 0 fully saturated rings. The number of nitrogens with zero attached hydrogens (tertiary/aromatic N) is 1. The number of rotatable bonds is 3. The van der Waals surface area contributed by atoms with E-state index in [0.717, 1.165) is 4.47 Å². The lowest BCUT2D eigenvalue weighted by Gasteiger charge is -2.31. The summed E-state index contributed by atoms with van der Waals surface area (Å²) in [6, 6.07) is 5.63. The van der Waals surface area contributed by atoms with Crippen LogP contribution in [-0.2, 0) is 0 Å². The van der Waals surface area contributed by atoms with Crippen molar-refractivity contribution in [2.75, 3.05) is 0 Å². The Kier molecular flexibility index (Phi) is 5.02. The van der Waals surface area contributed by atoms with Crippen LogP contribution in [0.25, 0.3) is 0 Å². The Labute approximate surface area is 116 Å². The normalized spacial score (nSPS) is 11.1. The smallest absolute Gasteiger partial charge is 0.255 e. The third-order valence-electron chi connectivity index (χ3n) is 2.51. The van der Waals surface area contributed by atoms with Gasteiger partial charge >= 0.3 is 0 Å². The molecule has 4 heteroatoms. The zero-order chi connectivity index (χ0) is 13.2. The van der Waals surface area contributed by atoms with E-state index in [1.165, 1.54) is 0 Å². The summed E-state index contributed by atoms with van der Waals surface area (Å²) in [5.74, 6) is -0.0266. The molecule has 0 aliphatic carbocycles. The second-order valence-electron chi connectivity index (χ2n) is 4.52. The molecular formula is C13H17BrClNO. The molecule has 0 atom stereocenters. The molecule has 0 aliphatic rings. The SMILES string of the molecule is CC(C)N(C(=O)c1cc(Br)ccc1Cl)C(C)C. The highest BCUT2D eigenvalue weighted by Gasteiger charge is 2.23. The highest BCUT2D eigenvalue weighted by atomic mass is 79.9. The monoisotopic (exact) mass is 317 g/mol. The second kappa shape index (κ2) is 5.87. The Balaban J connectivity index is 3.14. The van der Waals surface area contributed by atoms with Gasteiger partial charge in [0.05, 0.1) is 10.6 Å². The summed E-state index contributed by atoms with van der Waals surface area (Å²) in [5.41, 5.74) is 0.545. The summed E-state index contributed by atoms with van der Waals surface area (Å²) >= 11 is 9.43. The van der Waals surface area contributed by atoms with Crippen molar-refractivity contribution in [1.82, 2.24) is 4.90 Å². The minimum atomic E-state index is -0.0266. The number of carbonyl (C=O) groups is 1. The van der Waals surface area contributed by atoms with Crippen molar-refractivity contribution >= 4 is 33.4 Å². The number of hydrogen-bond donors (Lipinski definition) is 0. The summed E-state index contributed by atoms with van der Waals surface area (Å²) in [4.78, 5) is 14.2. The van der Waals surface area contributed by atoms with E-state index in [1.54, 1.807) is 12.1 Å². The summed E-state index contributed by atoms with van der Waals surface area (Å²) in [6.45, 7) is 8.02. The Morgan fingerprint density at radius 2 is 1.76 bits per heavy atom. The summed E-state index contributed by atoms with van der Waals surface area (Å²) in [5, 5.41) is 0.490. The zero-order valence-corrected chi connectivity index (χ0v) is 12.8. The van der Waals surface area contributed by atoms with Crippen molar-refractivity contribution in [2.45, 2.75) is 39.8 Å². The highest BCUT2D eigenvalue weighted by molar-refractivity contribution is 9.10. The molecule has 0 aliphatic heterocycles. The van der Waals surface area contributed by atoms with Gasteiger partial charge in [-0.2, -0.15) is 0 Å². The first-order chi connectivity index (χ1) is 7.84. The lowest BCUT2D eigenvalue weighted by molar-refractivity contribution is 0.0644. The molecule has 2 nitrogen and oxygen atoms in total. The van der Waals surface area contributed by atoms with E-state index in [1.807, 2.05) is 38.7 Å². The van der Waals surface area contributed by atoms with Crippen LogP contribution in [0.2, 0.25) is 5.02 Å². The number of amides is 1. The quantitative estimate of drug-likeness (QED) is 0.811. The second-order valence-corrected chi connectivity index (χ2v) is 5.85. The predicted octanol–water partition coefficient (Wildman–Crippen LogP) is 4.36. The molecule has 0 unspecified atom stereocenters. The molecule has 0 saturated carbocycles. The van der Waals surface area contributed by atoms with Crippen molar-refractivity contribution < 1.29 is 4.79 Å². The number of benzene rings is 1. The zero-order valence-electron chi connectivity index (χ0n) is 10.5. The maximum Gasteiger partial charge on any atom is 0.255 e. The fourth-order valence-electron chi connectivity index (χ4n) is 1.87. The Morgan fingerprint density at radius 1 is 1.24 bits per heavy atom. The van der Waals surface area contributed by atoms with Crippen LogP contribution < -0.4 is 0 Å². The Bertz CT molecular complexity index is 410. The van der Waals surface area contributed by atoms with Gasteiger partial charge in [0.2, 0.25) is 0 Å². The van der Waals surface area contributed by atoms with Gasteiger partial charge < -0.3 is 4.90 Å². The molecule has 1 aromatic carbocycles. The first-order valence-electron chi connectivity index (χ1n) is 5.62. The average molecular weight is 319 g/mol. The molecule has 0 radical (unpaired) electrons. The molecule has 0 spiro atoms. The van der Waals surface area contributed by atoms with Gasteiger partial charge in [0.1, 0.15) is 0 Å². The van der Waals surface area contributed by atoms with E-state index in [-0.39, 0.29) is 18.0 Å². The van der Waals surface area contributed by atoms with Crippen LogP contribution in [0.3, 0.4) is 0 Å². The summed E-state index contributed by atoms with van der Waals surface area (Å²) < 4.78 is 0.859. The highest BCUT2D eigenvalue weighted by Crippen LogP contribution is 2.24. The Hall–Kier alpha value is -0.540. The van der Waals surface area contributed by atoms with Crippen LogP contribution in [0.1, 0.15) is 38.1 Å². The van der Waals surface area contributed by atoms with Crippen molar-refractivity contribution in [3.63, 3.8) is 0 Å². The minimum Gasteiger partial charge on any atom is -0.334 e. The minimum absolute atomic E-state index is 0.0266. The van der Waals surface area contributed by atoms with Gasteiger partial charge in [0.25, 0.3) is 5.91 Å². The fourth-order valence-corrected chi connectivity index (χ4v) is 2.43.